The van der Waals surface area contributed by atoms with Crippen LogP contribution in [0.5, 0.6) is 0 Å². The highest BCUT2D eigenvalue weighted by Crippen LogP contribution is 2.17. The first-order chi connectivity index (χ1) is 10.6. The third-order valence-corrected chi connectivity index (χ3v) is 3.37. The largest absolute Gasteiger partial charge is 0.376 e. The van der Waals surface area contributed by atoms with Crippen molar-refractivity contribution in [2.45, 2.75) is 39.7 Å². The highest BCUT2D eigenvalue weighted by atomic mass is 16.1. The molecular weight excluding hydrogens is 280 g/mol. The SMILES string of the molecule is CCC[C@H](C)NC(=O)CNc1ccc(-n2cnnn2)c(C)c1. The van der Waals surface area contributed by atoms with Gasteiger partial charge in [0.2, 0.25) is 5.91 Å². The van der Waals surface area contributed by atoms with Crippen molar-refractivity contribution in [3.8, 4) is 5.69 Å². The van der Waals surface area contributed by atoms with E-state index in [1.165, 1.54) is 0 Å². The zero-order valence-electron chi connectivity index (χ0n) is 13.2. The molecule has 7 heteroatoms. The first-order valence-corrected chi connectivity index (χ1v) is 7.47. The van der Waals surface area contributed by atoms with E-state index in [0.29, 0.717) is 0 Å². The highest BCUT2D eigenvalue weighted by Gasteiger charge is 2.07. The number of carbonyl (C=O) groups excluding carboxylic acids is 1. The molecule has 1 amide bonds. The monoisotopic (exact) mass is 302 g/mol. The molecule has 1 aromatic carbocycles. The third-order valence-electron chi connectivity index (χ3n) is 3.37. The van der Waals surface area contributed by atoms with Crippen LogP contribution in [0.1, 0.15) is 32.3 Å². The van der Waals surface area contributed by atoms with E-state index in [-0.39, 0.29) is 18.5 Å². The predicted octanol–water partition coefficient (Wildman–Crippen LogP) is 1.69. The molecule has 2 rings (SSSR count). The standard InChI is InChI=1S/C15H22N6O/c1-4-5-12(3)18-15(22)9-16-13-6-7-14(11(2)8-13)21-10-17-19-20-21/h6-8,10,12,16H,4-5,9H2,1-3H3,(H,18,22)/t12-/m0/s1. The van der Waals surface area contributed by atoms with Gasteiger partial charge in [-0.15, -0.1) is 5.10 Å². The first kappa shape index (κ1) is 15.9. The van der Waals surface area contributed by atoms with Gasteiger partial charge in [-0.25, -0.2) is 4.68 Å². The van der Waals surface area contributed by atoms with Crippen molar-refractivity contribution < 1.29 is 4.79 Å². The Labute approximate surface area is 130 Å². The van der Waals surface area contributed by atoms with Gasteiger partial charge in [0.15, 0.2) is 0 Å². The highest BCUT2D eigenvalue weighted by molar-refractivity contribution is 5.81. The predicted molar refractivity (Wildman–Crippen MR) is 84.9 cm³/mol. The van der Waals surface area contributed by atoms with E-state index >= 15 is 0 Å². The number of amides is 1. The Morgan fingerprint density at radius 3 is 2.86 bits per heavy atom. The fourth-order valence-corrected chi connectivity index (χ4v) is 2.31. The van der Waals surface area contributed by atoms with Gasteiger partial charge < -0.3 is 10.6 Å². The summed E-state index contributed by atoms with van der Waals surface area (Å²) in [6, 6.07) is 6.02. The van der Waals surface area contributed by atoms with Crippen LogP contribution >= 0.6 is 0 Å². The van der Waals surface area contributed by atoms with Gasteiger partial charge in [0, 0.05) is 11.7 Å². The number of nitrogens with zero attached hydrogens (tertiary/aromatic N) is 4. The summed E-state index contributed by atoms with van der Waals surface area (Å²) in [7, 11) is 0. The average Bonchev–Trinajstić information content (AvgIpc) is 2.99. The Bertz CT molecular complexity index is 611. The lowest BCUT2D eigenvalue weighted by atomic mass is 10.1. The van der Waals surface area contributed by atoms with Crippen LogP contribution in [-0.2, 0) is 4.79 Å². The molecule has 0 aliphatic carbocycles. The van der Waals surface area contributed by atoms with E-state index < -0.39 is 0 Å². The lowest BCUT2D eigenvalue weighted by molar-refractivity contribution is -0.120. The molecule has 0 aliphatic rings. The van der Waals surface area contributed by atoms with E-state index in [9.17, 15) is 4.79 Å². The van der Waals surface area contributed by atoms with Crippen molar-refractivity contribution in [1.29, 1.82) is 0 Å². The van der Waals surface area contributed by atoms with Gasteiger partial charge in [-0.05, 0) is 54.5 Å². The van der Waals surface area contributed by atoms with E-state index in [2.05, 4.69) is 33.1 Å². The first-order valence-electron chi connectivity index (χ1n) is 7.47. The minimum absolute atomic E-state index is 0.00292. The molecule has 0 radical (unpaired) electrons. The molecule has 118 valence electrons. The summed E-state index contributed by atoms with van der Waals surface area (Å²) in [6.07, 6.45) is 3.61. The third kappa shape index (κ3) is 4.28. The normalized spacial score (nSPS) is 12.0. The smallest absolute Gasteiger partial charge is 0.239 e. The summed E-state index contributed by atoms with van der Waals surface area (Å²) in [5.74, 6) is 0.00292. The van der Waals surface area contributed by atoms with E-state index in [0.717, 1.165) is 29.8 Å². The molecule has 22 heavy (non-hydrogen) atoms. The molecule has 0 saturated carbocycles. The molecular formula is C15H22N6O. The number of nitrogens with one attached hydrogen (secondary N) is 2. The number of hydrogen-bond donors (Lipinski definition) is 2. The van der Waals surface area contributed by atoms with Crippen LogP contribution < -0.4 is 10.6 Å². The second-order valence-corrected chi connectivity index (χ2v) is 5.37. The second-order valence-electron chi connectivity index (χ2n) is 5.37. The summed E-state index contributed by atoms with van der Waals surface area (Å²) in [6.45, 7) is 6.37. The number of rotatable bonds is 7. The molecule has 1 aromatic heterocycles. The molecule has 0 unspecified atom stereocenters. The lowest BCUT2D eigenvalue weighted by Gasteiger charge is -2.14. The lowest BCUT2D eigenvalue weighted by Crippen LogP contribution is -2.36. The summed E-state index contributed by atoms with van der Waals surface area (Å²) < 4.78 is 1.61. The molecule has 2 aromatic rings. The Balaban J connectivity index is 1.91. The van der Waals surface area contributed by atoms with Gasteiger partial charge in [-0.1, -0.05) is 13.3 Å². The van der Waals surface area contributed by atoms with Gasteiger partial charge in [0.25, 0.3) is 0 Å². The number of carbonyl (C=O) groups is 1. The van der Waals surface area contributed by atoms with Crippen molar-refractivity contribution in [3.63, 3.8) is 0 Å². The minimum atomic E-state index is 0.00292. The molecule has 0 fully saturated rings. The summed E-state index contributed by atoms with van der Waals surface area (Å²) in [4.78, 5) is 11.8. The van der Waals surface area contributed by atoms with Crippen molar-refractivity contribution >= 4 is 11.6 Å². The van der Waals surface area contributed by atoms with Crippen LogP contribution in [0.2, 0.25) is 0 Å². The van der Waals surface area contributed by atoms with Crippen molar-refractivity contribution in [1.82, 2.24) is 25.5 Å². The average molecular weight is 302 g/mol. The number of anilines is 1. The maximum absolute atomic E-state index is 11.8. The van der Waals surface area contributed by atoms with Gasteiger partial charge in [0.1, 0.15) is 6.33 Å². The quantitative estimate of drug-likeness (QED) is 0.813. The Morgan fingerprint density at radius 1 is 1.41 bits per heavy atom. The number of hydrogen-bond acceptors (Lipinski definition) is 5. The number of aryl methyl sites for hydroxylation is 1. The van der Waals surface area contributed by atoms with Crippen LogP contribution in [0.4, 0.5) is 5.69 Å². The molecule has 0 saturated heterocycles. The molecule has 0 bridgehead atoms. The number of tetrazole rings is 1. The molecule has 7 nitrogen and oxygen atoms in total. The van der Waals surface area contributed by atoms with Gasteiger partial charge in [-0.2, -0.15) is 0 Å². The molecule has 0 aliphatic heterocycles. The number of benzene rings is 1. The molecule has 2 N–H and O–H groups in total. The Kier molecular flexibility index (Phi) is 5.46. The van der Waals surface area contributed by atoms with E-state index in [4.69, 9.17) is 0 Å². The zero-order chi connectivity index (χ0) is 15.9. The topological polar surface area (TPSA) is 84.7 Å². The zero-order valence-corrected chi connectivity index (χ0v) is 13.2. The molecule has 1 atom stereocenters. The van der Waals surface area contributed by atoms with Crippen LogP contribution in [0.15, 0.2) is 24.5 Å². The van der Waals surface area contributed by atoms with Crippen LogP contribution in [0.25, 0.3) is 5.69 Å². The van der Waals surface area contributed by atoms with Crippen molar-refractivity contribution in [2.75, 3.05) is 11.9 Å². The number of aromatic nitrogens is 4. The Morgan fingerprint density at radius 2 is 2.23 bits per heavy atom. The molecule has 0 spiro atoms. The second kappa shape index (κ2) is 7.53. The van der Waals surface area contributed by atoms with Gasteiger partial charge in [0.05, 0.1) is 12.2 Å². The van der Waals surface area contributed by atoms with Gasteiger partial charge >= 0.3 is 0 Å². The van der Waals surface area contributed by atoms with Crippen molar-refractivity contribution in [3.05, 3.63) is 30.1 Å². The van der Waals surface area contributed by atoms with Crippen LogP contribution in [0.3, 0.4) is 0 Å². The van der Waals surface area contributed by atoms with Crippen molar-refractivity contribution in [2.24, 2.45) is 0 Å². The fraction of sp³-hybridized carbons (Fsp3) is 0.467. The fourth-order valence-electron chi connectivity index (χ4n) is 2.31. The summed E-state index contributed by atoms with van der Waals surface area (Å²) in [5.41, 5.74) is 2.83. The minimum Gasteiger partial charge on any atom is -0.376 e. The maximum Gasteiger partial charge on any atom is 0.239 e. The van der Waals surface area contributed by atoms with Crippen LogP contribution in [-0.4, -0.2) is 38.7 Å². The Hall–Kier alpha value is -2.44. The van der Waals surface area contributed by atoms with E-state index in [1.807, 2.05) is 32.0 Å². The summed E-state index contributed by atoms with van der Waals surface area (Å²) >= 11 is 0. The van der Waals surface area contributed by atoms with Gasteiger partial charge in [-0.3, -0.25) is 4.79 Å². The van der Waals surface area contributed by atoms with E-state index in [1.54, 1.807) is 11.0 Å². The summed E-state index contributed by atoms with van der Waals surface area (Å²) in [5, 5.41) is 17.2. The van der Waals surface area contributed by atoms with Crippen LogP contribution in [0, 0.1) is 6.92 Å². The molecule has 1 heterocycles. The maximum atomic E-state index is 11.8.